The average Bonchev–Trinajstić information content (AvgIpc) is 3.17. The monoisotopic (exact) mass is 420 g/mol. The maximum atomic E-state index is 12.5. The molecule has 0 bridgehead atoms. The van der Waals surface area contributed by atoms with E-state index in [1.54, 1.807) is 24.3 Å². The number of carbonyl (C=O) groups excluding carboxylic acids is 1. The maximum Gasteiger partial charge on any atom is 0.261 e. The summed E-state index contributed by atoms with van der Waals surface area (Å²) in [5, 5.41) is 2.86. The quantitative estimate of drug-likeness (QED) is 0.704. The highest BCUT2D eigenvalue weighted by atomic mass is 32.2. The zero-order valence-corrected chi connectivity index (χ0v) is 17.4. The number of nitrogens with one attached hydrogen (secondary N) is 1. The van der Waals surface area contributed by atoms with Crippen molar-refractivity contribution in [3.8, 4) is 17.2 Å². The van der Waals surface area contributed by atoms with Gasteiger partial charge in [0.05, 0.1) is 11.9 Å². The van der Waals surface area contributed by atoms with Gasteiger partial charge in [0.15, 0.2) is 17.6 Å². The van der Waals surface area contributed by atoms with Gasteiger partial charge < -0.3 is 19.5 Å². The van der Waals surface area contributed by atoms with E-state index in [4.69, 9.17) is 14.2 Å². The van der Waals surface area contributed by atoms with Crippen LogP contribution in [-0.4, -0.2) is 40.5 Å². The van der Waals surface area contributed by atoms with Gasteiger partial charge in [0, 0.05) is 13.6 Å². The lowest BCUT2D eigenvalue weighted by Crippen LogP contribution is -2.37. The van der Waals surface area contributed by atoms with Gasteiger partial charge in [-0.2, -0.15) is 0 Å². The summed E-state index contributed by atoms with van der Waals surface area (Å²) >= 11 is 0. The van der Waals surface area contributed by atoms with E-state index in [1.807, 2.05) is 25.1 Å². The summed E-state index contributed by atoms with van der Waals surface area (Å²) in [5.41, 5.74) is 1.41. The van der Waals surface area contributed by atoms with E-state index >= 15 is 0 Å². The molecule has 1 aliphatic heterocycles. The van der Waals surface area contributed by atoms with Crippen LogP contribution < -0.4 is 23.8 Å². The summed E-state index contributed by atoms with van der Waals surface area (Å²) in [6, 6.07) is 12.1. The van der Waals surface area contributed by atoms with Crippen LogP contribution in [-0.2, 0) is 21.4 Å². The van der Waals surface area contributed by atoms with Crippen molar-refractivity contribution in [2.75, 3.05) is 24.4 Å². The van der Waals surface area contributed by atoms with E-state index in [0.717, 1.165) is 11.8 Å². The summed E-state index contributed by atoms with van der Waals surface area (Å²) in [6.45, 7) is 2.40. The van der Waals surface area contributed by atoms with Crippen LogP contribution in [0.4, 0.5) is 5.69 Å². The number of amides is 1. The fraction of sp³-hybridized carbons (Fsp3) is 0.350. The average molecular weight is 420 g/mol. The molecule has 0 aromatic heterocycles. The Labute approximate surface area is 170 Å². The zero-order chi connectivity index (χ0) is 21.0. The van der Waals surface area contributed by atoms with Gasteiger partial charge in [-0.05, 0) is 48.4 Å². The van der Waals surface area contributed by atoms with Gasteiger partial charge >= 0.3 is 0 Å². The van der Waals surface area contributed by atoms with Crippen molar-refractivity contribution in [1.29, 1.82) is 0 Å². The van der Waals surface area contributed by atoms with Crippen molar-refractivity contribution < 1.29 is 27.4 Å². The Morgan fingerprint density at radius 1 is 1.17 bits per heavy atom. The Balaban J connectivity index is 1.58. The standard InChI is InChI=1S/C20H24N2O6S/c1-4-17(28-16-8-6-15(7-9-16)22(2)29(3,24)25)20(23)21-12-14-5-10-18-19(11-14)27-13-26-18/h5-11,17H,4,12-13H2,1-3H3,(H,21,23)/t17-/m0/s1. The van der Waals surface area contributed by atoms with E-state index < -0.39 is 16.1 Å². The third kappa shape index (κ3) is 5.11. The minimum absolute atomic E-state index is 0.204. The summed E-state index contributed by atoms with van der Waals surface area (Å²) < 4.78 is 40.8. The fourth-order valence-corrected chi connectivity index (χ4v) is 3.27. The SMILES string of the molecule is CC[C@H](Oc1ccc(N(C)S(C)(=O)=O)cc1)C(=O)NCc1ccc2c(c1)OCO2. The highest BCUT2D eigenvalue weighted by molar-refractivity contribution is 7.92. The van der Waals surface area contributed by atoms with E-state index in [1.165, 1.54) is 11.4 Å². The molecule has 0 saturated heterocycles. The highest BCUT2D eigenvalue weighted by Crippen LogP contribution is 2.32. The van der Waals surface area contributed by atoms with Gasteiger partial charge in [-0.3, -0.25) is 9.10 Å². The van der Waals surface area contributed by atoms with Crippen LogP contribution in [0, 0.1) is 0 Å². The predicted octanol–water partition coefficient (Wildman–Crippen LogP) is 2.28. The molecule has 1 atom stereocenters. The number of fused-ring (bicyclic) bond motifs is 1. The van der Waals surface area contributed by atoms with Crippen molar-refractivity contribution in [2.45, 2.75) is 26.0 Å². The van der Waals surface area contributed by atoms with Gasteiger partial charge in [-0.15, -0.1) is 0 Å². The number of anilines is 1. The summed E-state index contributed by atoms with van der Waals surface area (Å²) in [4.78, 5) is 12.5. The van der Waals surface area contributed by atoms with E-state index in [-0.39, 0.29) is 12.7 Å². The van der Waals surface area contributed by atoms with Crippen molar-refractivity contribution in [2.24, 2.45) is 0 Å². The van der Waals surface area contributed by atoms with Crippen molar-refractivity contribution >= 4 is 21.6 Å². The summed E-state index contributed by atoms with van der Waals surface area (Å²) in [6.07, 6.45) is 0.954. The van der Waals surface area contributed by atoms with E-state index in [9.17, 15) is 13.2 Å². The second-order valence-electron chi connectivity index (χ2n) is 6.64. The highest BCUT2D eigenvalue weighted by Gasteiger charge is 2.19. The van der Waals surface area contributed by atoms with Crippen LogP contribution in [0.15, 0.2) is 42.5 Å². The molecule has 0 unspecified atom stereocenters. The molecule has 3 rings (SSSR count). The first-order chi connectivity index (χ1) is 13.8. The molecule has 29 heavy (non-hydrogen) atoms. The van der Waals surface area contributed by atoms with E-state index in [0.29, 0.717) is 35.9 Å². The van der Waals surface area contributed by atoms with Crippen LogP contribution >= 0.6 is 0 Å². The van der Waals surface area contributed by atoms with Gasteiger partial charge in [-0.25, -0.2) is 8.42 Å². The molecule has 0 spiro atoms. The molecular weight excluding hydrogens is 396 g/mol. The normalized spacial score (nSPS) is 13.6. The van der Waals surface area contributed by atoms with Gasteiger partial charge in [0.25, 0.3) is 5.91 Å². The third-order valence-corrected chi connectivity index (χ3v) is 5.75. The lowest BCUT2D eigenvalue weighted by atomic mass is 10.2. The van der Waals surface area contributed by atoms with Crippen LogP contribution in [0.1, 0.15) is 18.9 Å². The zero-order valence-electron chi connectivity index (χ0n) is 16.5. The molecule has 0 radical (unpaired) electrons. The number of sulfonamides is 1. The number of carbonyl (C=O) groups is 1. The number of hydrogen-bond acceptors (Lipinski definition) is 6. The van der Waals surface area contributed by atoms with E-state index in [2.05, 4.69) is 5.32 Å². The van der Waals surface area contributed by atoms with Crippen LogP contribution in [0.25, 0.3) is 0 Å². The molecule has 0 aliphatic carbocycles. The minimum Gasteiger partial charge on any atom is -0.481 e. The lowest BCUT2D eigenvalue weighted by molar-refractivity contribution is -0.128. The summed E-state index contributed by atoms with van der Waals surface area (Å²) in [7, 11) is -1.86. The fourth-order valence-electron chi connectivity index (χ4n) is 2.77. The molecule has 1 heterocycles. The maximum absolute atomic E-state index is 12.5. The molecule has 156 valence electrons. The van der Waals surface area contributed by atoms with Crippen LogP contribution in [0.2, 0.25) is 0 Å². The largest absolute Gasteiger partial charge is 0.481 e. The lowest BCUT2D eigenvalue weighted by Gasteiger charge is -2.19. The van der Waals surface area contributed by atoms with Gasteiger partial charge in [0.1, 0.15) is 5.75 Å². The van der Waals surface area contributed by atoms with Crippen LogP contribution in [0.3, 0.4) is 0 Å². The van der Waals surface area contributed by atoms with Crippen molar-refractivity contribution in [3.63, 3.8) is 0 Å². The van der Waals surface area contributed by atoms with Crippen molar-refractivity contribution in [3.05, 3.63) is 48.0 Å². The summed E-state index contributed by atoms with van der Waals surface area (Å²) in [5.74, 6) is 1.61. The van der Waals surface area contributed by atoms with Crippen LogP contribution in [0.5, 0.6) is 17.2 Å². The molecule has 0 saturated carbocycles. The predicted molar refractivity (Wildman–Crippen MR) is 109 cm³/mol. The Morgan fingerprint density at radius 2 is 1.86 bits per heavy atom. The Bertz CT molecular complexity index is 975. The smallest absolute Gasteiger partial charge is 0.261 e. The molecule has 8 nitrogen and oxygen atoms in total. The Hall–Kier alpha value is -2.94. The molecule has 2 aromatic rings. The molecule has 1 aliphatic rings. The molecule has 0 fully saturated rings. The first kappa shape index (κ1) is 20.8. The second-order valence-corrected chi connectivity index (χ2v) is 8.66. The first-order valence-corrected chi connectivity index (χ1v) is 11.0. The number of nitrogens with zero attached hydrogens (tertiary/aromatic N) is 1. The molecule has 9 heteroatoms. The number of rotatable bonds is 8. The van der Waals surface area contributed by atoms with Gasteiger partial charge in [0.2, 0.25) is 16.8 Å². The van der Waals surface area contributed by atoms with Crippen molar-refractivity contribution in [1.82, 2.24) is 5.32 Å². The third-order valence-electron chi connectivity index (χ3n) is 4.54. The Morgan fingerprint density at radius 3 is 2.52 bits per heavy atom. The molecule has 2 aromatic carbocycles. The molecule has 1 amide bonds. The minimum atomic E-state index is -3.34. The number of hydrogen-bond donors (Lipinski definition) is 1. The van der Waals surface area contributed by atoms with Gasteiger partial charge in [-0.1, -0.05) is 13.0 Å². The number of ether oxygens (including phenoxy) is 3. The topological polar surface area (TPSA) is 94.2 Å². The second kappa shape index (κ2) is 8.60. The first-order valence-electron chi connectivity index (χ1n) is 9.15. The number of benzene rings is 2. The molecule has 1 N–H and O–H groups in total. The Kier molecular flexibility index (Phi) is 6.17. The molecular formula is C20H24N2O6S.